The van der Waals surface area contributed by atoms with Crippen LogP contribution in [0.5, 0.6) is 0 Å². The number of hydrogen-bond donors (Lipinski definition) is 0. The third kappa shape index (κ3) is 4.08. The molecule has 16 heavy (non-hydrogen) atoms. The highest BCUT2D eigenvalue weighted by atomic mass is 19.1. The first-order valence-corrected chi connectivity index (χ1v) is 4.97. The topological polar surface area (TPSA) is 35.5 Å². The minimum atomic E-state index is -0.507. The van der Waals surface area contributed by atoms with E-state index < -0.39 is 6.29 Å². The van der Waals surface area contributed by atoms with Crippen LogP contribution in [0.2, 0.25) is 0 Å². The Morgan fingerprint density at radius 2 is 1.81 bits per heavy atom. The van der Waals surface area contributed by atoms with Crippen LogP contribution in [-0.4, -0.2) is 26.3 Å². The molecule has 0 atom stereocenters. The normalized spacial score (nSPS) is 10.8. The van der Waals surface area contributed by atoms with Crippen molar-refractivity contribution < 1.29 is 18.7 Å². The van der Waals surface area contributed by atoms with E-state index in [-0.39, 0.29) is 24.4 Å². The molecule has 0 fully saturated rings. The highest BCUT2D eigenvalue weighted by Gasteiger charge is 2.12. The van der Waals surface area contributed by atoms with Gasteiger partial charge in [-0.05, 0) is 17.7 Å². The van der Waals surface area contributed by atoms with Gasteiger partial charge in [-0.1, -0.05) is 12.1 Å². The fourth-order valence-electron chi connectivity index (χ4n) is 1.35. The van der Waals surface area contributed by atoms with Gasteiger partial charge in [0.2, 0.25) is 0 Å². The fourth-order valence-corrected chi connectivity index (χ4v) is 1.35. The second-order valence-electron chi connectivity index (χ2n) is 3.45. The zero-order chi connectivity index (χ0) is 12.0. The highest BCUT2D eigenvalue weighted by molar-refractivity contribution is 5.81. The van der Waals surface area contributed by atoms with E-state index in [2.05, 4.69) is 0 Å². The van der Waals surface area contributed by atoms with Crippen molar-refractivity contribution in [2.24, 2.45) is 0 Å². The van der Waals surface area contributed by atoms with E-state index in [1.165, 1.54) is 26.4 Å². The molecule has 0 aliphatic rings. The Balaban J connectivity index is 2.48. The monoisotopic (exact) mass is 226 g/mol. The quantitative estimate of drug-likeness (QED) is 0.695. The molecule has 0 unspecified atom stereocenters. The lowest BCUT2D eigenvalue weighted by Gasteiger charge is -2.11. The molecule has 0 spiro atoms. The van der Waals surface area contributed by atoms with Crippen molar-refractivity contribution >= 4 is 5.78 Å². The lowest BCUT2D eigenvalue weighted by Crippen LogP contribution is -2.19. The van der Waals surface area contributed by atoms with Crippen LogP contribution >= 0.6 is 0 Å². The van der Waals surface area contributed by atoms with Gasteiger partial charge < -0.3 is 9.47 Å². The molecule has 0 aliphatic heterocycles. The second-order valence-corrected chi connectivity index (χ2v) is 3.45. The summed E-state index contributed by atoms with van der Waals surface area (Å²) in [5, 5.41) is 0. The van der Waals surface area contributed by atoms with Gasteiger partial charge in [0.15, 0.2) is 6.29 Å². The van der Waals surface area contributed by atoms with Crippen molar-refractivity contribution in [3.05, 3.63) is 35.6 Å². The van der Waals surface area contributed by atoms with E-state index in [0.717, 1.165) is 5.56 Å². The molecule has 0 saturated carbocycles. The SMILES string of the molecule is COC(CC(=O)Cc1ccc(F)cc1)OC. The van der Waals surface area contributed by atoms with Gasteiger partial charge in [0.1, 0.15) is 11.6 Å². The Bertz CT molecular complexity index is 331. The van der Waals surface area contributed by atoms with Crippen molar-refractivity contribution in [2.45, 2.75) is 19.1 Å². The van der Waals surface area contributed by atoms with Gasteiger partial charge in [-0.25, -0.2) is 4.39 Å². The number of hydrogen-bond acceptors (Lipinski definition) is 3. The summed E-state index contributed by atoms with van der Waals surface area (Å²) in [7, 11) is 2.97. The number of carbonyl (C=O) groups excluding carboxylic acids is 1. The molecule has 0 aliphatic carbocycles. The number of Topliss-reactive ketones (excluding diaryl/α,β-unsaturated/α-hetero) is 1. The van der Waals surface area contributed by atoms with Crippen molar-refractivity contribution in [3.63, 3.8) is 0 Å². The molecule has 0 saturated heterocycles. The number of rotatable bonds is 6. The van der Waals surface area contributed by atoms with Crippen LogP contribution in [-0.2, 0) is 20.7 Å². The third-order valence-corrected chi connectivity index (χ3v) is 2.23. The van der Waals surface area contributed by atoms with E-state index in [1.807, 2.05) is 0 Å². The molecule has 0 radical (unpaired) electrons. The van der Waals surface area contributed by atoms with Gasteiger partial charge in [-0.3, -0.25) is 4.79 Å². The van der Waals surface area contributed by atoms with Gasteiger partial charge in [-0.15, -0.1) is 0 Å². The molecule has 0 N–H and O–H groups in total. The van der Waals surface area contributed by atoms with Crippen LogP contribution in [0.25, 0.3) is 0 Å². The summed E-state index contributed by atoms with van der Waals surface area (Å²) in [4.78, 5) is 11.6. The number of halogens is 1. The van der Waals surface area contributed by atoms with E-state index >= 15 is 0 Å². The van der Waals surface area contributed by atoms with E-state index in [0.29, 0.717) is 0 Å². The van der Waals surface area contributed by atoms with Crippen LogP contribution in [0.4, 0.5) is 4.39 Å². The number of carbonyl (C=O) groups is 1. The molecule has 1 aromatic rings. The molecule has 4 heteroatoms. The maximum atomic E-state index is 12.6. The number of ether oxygens (including phenoxy) is 2. The molecule has 0 aromatic heterocycles. The van der Waals surface area contributed by atoms with Crippen LogP contribution in [0.15, 0.2) is 24.3 Å². The van der Waals surface area contributed by atoms with Crippen LogP contribution in [0, 0.1) is 5.82 Å². The summed E-state index contributed by atoms with van der Waals surface area (Å²) in [5.41, 5.74) is 0.789. The molecule has 0 amide bonds. The number of methoxy groups -OCH3 is 2. The first-order chi connectivity index (χ1) is 7.65. The average Bonchev–Trinajstić information content (AvgIpc) is 2.29. The zero-order valence-corrected chi connectivity index (χ0v) is 9.40. The smallest absolute Gasteiger partial charge is 0.163 e. The Morgan fingerprint density at radius 1 is 1.25 bits per heavy atom. The molecular formula is C12H15FO3. The Morgan fingerprint density at radius 3 is 2.31 bits per heavy atom. The van der Waals surface area contributed by atoms with E-state index in [4.69, 9.17) is 9.47 Å². The van der Waals surface area contributed by atoms with Gasteiger partial charge >= 0.3 is 0 Å². The molecule has 0 heterocycles. The Kier molecular flexibility index (Phi) is 5.08. The summed E-state index contributed by atoms with van der Waals surface area (Å²) >= 11 is 0. The summed E-state index contributed by atoms with van der Waals surface area (Å²) in [5.74, 6) is -0.303. The van der Waals surface area contributed by atoms with Crippen LogP contribution < -0.4 is 0 Å². The fraction of sp³-hybridized carbons (Fsp3) is 0.417. The van der Waals surface area contributed by atoms with Crippen LogP contribution in [0.1, 0.15) is 12.0 Å². The van der Waals surface area contributed by atoms with Crippen LogP contribution in [0.3, 0.4) is 0 Å². The second kappa shape index (κ2) is 6.35. The minimum Gasteiger partial charge on any atom is -0.355 e. The summed E-state index contributed by atoms with van der Waals surface area (Å²) in [6.45, 7) is 0. The highest BCUT2D eigenvalue weighted by Crippen LogP contribution is 2.07. The van der Waals surface area contributed by atoms with Gasteiger partial charge in [0, 0.05) is 20.6 Å². The molecule has 3 nitrogen and oxygen atoms in total. The van der Waals surface area contributed by atoms with Gasteiger partial charge in [0.25, 0.3) is 0 Å². The lowest BCUT2D eigenvalue weighted by molar-refractivity contribution is -0.136. The van der Waals surface area contributed by atoms with Crippen molar-refractivity contribution in [2.75, 3.05) is 14.2 Å². The molecule has 1 rings (SSSR count). The maximum Gasteiger partial charge on any atom is 0.163 e. The molecule has 88 valence electrons. The Hall–Kier alpha value is -1.26. The Labute approximate surface area is 94.2 Å². The standard InChI is InChI=1S/C12H15FO3/c1-15-12(16-2)8-11(14)7-9-3-5-10(13)6-4-9/h3-6,12H,7-8H2,1-2H3. The first kappa shape index (κ1) is 12.8. The van der Waals surface area contributed by atoms with E-state index in [1.54, 1.807) is 12.1 Å². The van der Waals surface area contributed by atoms with E-state index in [9.17, 15) is 9.18 Å². The third-order valence-electron chi connectivity index (χ3n) is 2.23. The predicted molar refractivity (Wildman–Crippen MR) is 57.5 cm³/mol. The predicted octanol–water partition coefficient (Wildman–Crippen LogP) is 1.95. The lowest BCUT2D eigenvalue weighted by atomic mass is 10.1. The van der Waals surface area contributed by atoms with Crippen molar-refractivity contribution in [1.82, 2.24) is 0 Å². The maximum absolute atomic E-state index is 12.6. The van der Waals surface area contributed by atoms with Gasteiger partial charge in [-0.2, -0.15) is 0 Å². The first-order valence-electron chi connectivity index (χ1n) is 4.97. The summed E-state index contributed by atoms with van der Waals surface area (Å²) in [6, 6.07) is 5.88. The summed E-state index contributed by atoms with van der Waals surface area (Å²) < 4.78 is 22.5. The summed E-state index contributed by atoms with van der Waals surface area (Å²) in [6.07, 6.45) is -0.0404. The number of benzene rings is 1. The zero-order valence-electron chi connectivity index (χ0n) is 9.40. The minimum absolute atomic E-state index is 0.000285. The molecule has 1 aromatic carbocycles. The number of ketones is 1. The van der Waals surface area contributed by atoms with Crippen molar-refractivity contribution in [1.29, 1.82) is 0 Å². The molecular weight excluding hydrogens is 211 g/mol. The van der Waals surface area contributed by atoms with Crippen molar-refractivity contribution in [3.8, 4) is 0 Å². The average molecular weight is 226 g/mol. The largest absolute Gasteiger partial charge is 0.355 e. The van der Waals surface area contributed by atoms with Gasteiger partial charge in [0.05, 0.1) is 6.42 Å². The molecule has 0 bridgehead atoms.